The van der Waals surface area contributed by atoms with Gasteiger partial charge in [-0.15, -0.1) is 0 Å². The lowest BCUT2D eigenvalue weighted by molar-refractivity contribution is 0.517. The van der Waals surface area contributed by atoms with E-state index in [4.69, 9.17) is 22.2 Å². The molecule has 0 saturated carbocycles. The Balaban J connectivity index is 1.73. The van der Waals surface area contributed by atoms with Gasteiger partial charge in [-0.2, -0.15) is 0 Å². The first-order chi connectivity index (χ1) is 13.2. The maximum atomic E-state index is 6.01. The molecule has 0 unspecified atom stereocenters. The molecule has 3 aromatic carbocycles. The number of hydrogen-bond donors (Lipinski definition) is 0. The Bertz CT molecular complexity index is 1220. The summed E-state index contributed by atoms with van der Waals surface area (Å²) in [5.41, 5.74) is 4.36. The molecule has 2 heterocycles. The summed E-state index contributed by atoms with van der Waals surface area (Å²) in [6.45, 7) is 0.553. The summed E-state index contributed by atoms with van der Waals surface area (Å²) >= 11 is 0. The normalized spacial score (nSPS) is 14.5. The van der Waals surface area contributed by atoms with Gasteiger partial charge in [0.25, 0.3) is 0 Å². The molecule has 5 heteroatoms. The van der Waals surface area contributed by atoms with Crippen molar-refractivity contribution in [2.45, 2.75) is 0 Å². The Morgan fingerprint density at radius 2 is 1.81 bits per heavy atom. The first-order valence-electron chi connectivity index (χ1n) is 8.81. The Morgan fingerprint density at radius 3 is 2.67 bits per heavy atom. The van der Waals surface area contributed by atoms with E-state index < -0.39 is 0 Å². The Morgan fingerprint density at radius 1 is 0.963 bits per heavy atom. The molecule has 1 aliphatic rings. The van der Waals surface area contributed by atoms with Crippen molar-refractivity contribution in [3.05, 3.63) is 77.9 Å². The third kappa shape index (κ3) is 2.63. The lowest BCUT2D eigenvalue weighted by atomic mass is 9.94. The second-order valence-corrected chi connectivity index (χ2v) is 6.66. The smallest absolute Gasteiger partial charge is 0.159 e. The maximum absolute atomic E-state index is 6.01. The topological polar surface area (TPSA) is 41.1 Å². The number of hydrogen-bond acceptors (Lipinski definition) is 4. The Hall–Kier alpha value is -3.34. The zero-order chi connectivity index (χ0) is 18.4. The maximum Gasteiger partial charge on any atom is 0.159 e. The molecular weight excluding hydrogens is 333 g/mol. The second-order valence-electron chi connectivity index (χ2n) is 6.66. The highest BCUT2D eigenvalue weighted by atomic mass is 16.3. The van der Waals surface area contributed by atoms with Crippen LogP contribution in [0.25, 0.3) is 21.9 Å². The van der Waals surface area contributed by atoms with Crippen LogP contribution in [0.2, 0.25) is 0 Å². The number of furan rings is 1. The molecule has 0 aliphatic carbocycles. The van der Waals surface area contributed by atoms with Gasteiger partial charge in [0.05, 0.1) is 0 Å². The van der Waals surface area contributed by atoms with Crippen molar-refractivity contribution in [1.29, 1.82) is 0 Å². The first-order valence-corrected chi connectivity index (χ1v) is 8.81. The number of amidine groups is 2. The fourth-order valence-corrected chi connectivity index (χ4v) is 3.51. The van der Waals surface area contributed by atoms with Crippen LogP contribution in [0.15, 0.2) is 81.1 Å². The average molecular weight is 349 g/mol. The summed E-state index contributed by atoms with van der Waals surface area (Å²) < 4.78 is 6.00. The summed E-state index contributed by atoms with van der Waals surface area (Å²) in [7, 11) is 8.01. The van der Waals surface area contributed by atoms with Crippen LogP contribution >= 0.6 is 0 Å². The molecule has 5 rings (SSSR count). The van der Waals surface area contributed by atoms with Crippen LogP contribution in [0.5, 0.6) is 0 Å². The van der Waals surface area contributed by atoms with Crippen molar-refractivity contribution in [3.8, 4) is 0 Å². The van der Waals surface area contributed by atoms with Crippen molar-refractivity contribution in [3.63, 3.8) is 0 Å². The molecule has 4 aromatic rings. The molecule has 0 fully saturated rings. The van der Waals surface area contributed by atoms with Crippen LogP contribution in [0.4, 0.5) is 0 Å². The largest absolute Gasteiger partial charge is 0.456 e. The molecule has 1 aromatic heterocycles. The van der Waals surface area contributed by atoms with E-state index in [1.54, 1.807) is 0 Å². The average Bonchev–Trinajstić information content (AvgIpc) is 3.07. The van der Waals surface area contributed by atoms with E-state index in [0.717, 1.165) is 38.9 Å². The van der Waals surface area contributed by atoms with Crippen LogP contribution in [-0.2, 0) is 0 Å². The molecule has 0 bridgehead atoms. The number of benzene rings is 3. The van der Waals surface area contributed by atoms with Gasteiger partial charge in [-0.1, -0.05) is 60.1 Å². The van der Waals surface area contributed by atoms with Gasteiger partial charge < -0.3 is 9.32 Å². The third-order valence-corrected chi connectivity index (χ3v) is 4.80. The zero-order valence-electron chi connectivity index (χ0n) is 14.9. The quantitative estimate of drug-likeness (QED) is 0.520. The molecule has 2 radical (unpaired) electrons. The van der Waals surface area contributed by atoms with Crippen LogP contribution < -0.4 is 5.46 Å². The van der Waals surface area contributed by atoms with Gasteiger partial charge in [0.15, 0.2) is 5.84 Å². The highest BCUT2D eigenvalue weighted by molar-refractivity contribution is 6.34. The lowest BCUT2D eigenvalue weighted by Crippen LogP contribution is -2.32. The predicted molar refractivity (Wildman–Crippen MR) is 111 cm³/mol. The Labute approximate surface area is 158 Å². The zero-order valence-corrected chi connectivity index (χ0v) is 14.9. The minimum Gasteiger partial charge on any atom is -0.456 e. The highest BCUT2D eigenvalue weighted by Gasteiger charge is 2.20. The van der Waals surface area contributed by atoms with Crippen molar-refractivity contribution < 1.29 is 4.42 Å². The molecule has 0 saturated heterocycles. The summed E-state index contributed by atoms with van der Waals surface area (Å²) in [6, 6.07) is 21.8. The fraction of sp³-hybridized carbons (Fsp3) is 0.0909. The summed E-state index contributed by atoms with van der Waals surface area (Å²) in [5.74, 6) is 1.62. The first kappa shape index (κ1) is 15.9. The predicted octanol–water partition coefficient (Wildman–Crippen LogP) is 3.48. The van der Waals surface area contributed by atoms with Crippen molar-refractivity contribution >= 4 is 46.9 Å². The van der Waals surface area contributed by atoms with Crippen LogP contribution in [0, 0.1) is 0 Å². The monoisotopic (exact) mass is 349 g/mol. The fourth-order valence-electron chi connectivity index (χ4n) is 3.51. The van der Waals surface area contributed by atoms with Gasteiger partial charge in [0.1, 0.15) is 31.5 Å². The molecule has 0 N–H and O–H groups in total. The van der Waals surface area contributed by atoms with Crippen molar-refractivity contribution in [1.82, 2.24) is 4.90 Å². The third-order valence-electron chi connectivity index (χ3n) is 4.80. The van der Waals surface area contributed by atoms with E-state index in [2.05, 4.69) is 12.1 Å². The molecule has 4 nitrogen and oxygen atoms in total. The van der Waals surface area contributed by atoms with Gasteiger partial charge in [-0.05, 0) is 12.1 Å². The molecule has 27 heavy (non-hydrogen) atoms. The van der Waals surface area contributed by atoms with E-state index >= 15 is 0 Å². The molecule has 0 spiro atoms. The Kier molecular flexibility index (Phi) is 3.61. The van der Waals surface area contributed by atoms with E-state index in [1.165, 1.54) is 0 Å². The number of aliphatic imine (C=N–C) groups is 2. The highest BCUT2D eigenvalue weighted by Crippen LogP contribution is 2.31. The lowest BCUT2D eigenvalue weighted by Gasteiger charge is -2.24. The van der Waals surface area contributed by atoms with Gasteiger partial charge >= 0.3 is 0 Å². The molecule has 0 atom stereocenters. The molecular formula is C22H16BN3O. The van der Waals surface area contributed by atoms with E-state index in [9.17, 15) is 0 Å². The molecule has 0 amide bonds. The summed E-state index contributed by atoms with van der Waals surface area (Å²) in [5, 5.41) is 1.98. The molecule has 1 aliphatic heterocycles. The second kappa shape index (κ2) is 6.13. The van der Waals surface area contributed by atoms with Gasteiger partial charge in [0, 0.05) is 28.9 Å². The summed E-state index contributed by atoms with van der Waals surface area (Å²) in [4.78, 5) is 11.6. The van der Waals surface area contributed by atoms with Gasteiger partial charge in [-0.3, -0.25) is 0 Å². The number of nitrogens with zero attached hydrogens (tertiary/aromatic N) is 3. The van der Waals surface area contributed by atoms with Crippen molar-refractivity contribution in [2.24, 2.45) is 9.98 Å². The SMILES string of the molecule is [B]c1ccc2oc3cccc(C4=NCN(C)C(c5ccccc5)=N4)c3c2c1. The number of fused-ring (bicyclic) bond motifs is 3. The van der Waals surface area contributed by atoms with E-state index in [1.807, 2.05) is 66.5 Å². The van der Waals surface area contributed by atoms with Crippen LogP contribution in [0.3, 0.4) is 0 Å². The minimum atomic E-state index is 0.553. The number of rotatable bonds is 2. The van der Waals surface area contributed by atoms with Crippen molar-refractivity contribution in [2.75, 3.05) is 13.7 Å². The van der Waals surface area contributed by atoms with E-state index in [0.29, 0.717) is 18.0 Å². The van der Waals surface area contributed by atoms with Gasteiger partial charge in [-0.25, -0.2) is 9.98 Å². The standard InChI is InChI=1S/C22H16BN3O/c1-26-13-24-21(25-22(26)14-6-3-2-4-7-14)16-8-5-9-19-20(16)17-12-15(23)10-11-18(17)27-19/h2-12H,13H2,1H3. The summed E-state index contributed by atoms with van der Waals surface area (Å²) in [6.07, 6.45) is 0. The van der Waals surface area contributed by atoms with Gasteiger partial charge in [0.2, 0.25) is 0 Å². The van der Waals surface area contributed by atoms with Crippen LogP contribution in [0.1, 0.15) is 11.1 Å². The van der Waals surface area contributed by atoms with Crippen LogP contribution in [-0.4, -0.2) is 38.1 Å². The molecule has 128 valence electrons. The minimum absolute atomic E-state index is 0.553. The van der Waals surface area contributed by atoms with E-state index in [-0.39, 0.29) is 0 Å².